The number of halogens is 1. The molecule has 0 N–H and O–H groups in total. The predicted octanol–water partition coefficient (Wildman–Crippen LogP) is 5.02. The van der Waals surface area contributed by atoms with Gasteiger partial charge < -0.3 is 13.8 Å². The Bertz CT molecular complexity index is 1040. The third-order valence-electron chi connectivity index (χ3n) is 4.51. The summed E-state index contributed by atoms with van der Waals surface area (Å²) < 4.78 is 49.2. The van der Waals surface area contributed by atoms with Crippen molar-refractivity contribution >= 4 is 16.0 Å². The van der Waals surface area contributed by atoms with Gasteiger partial charge in [0, 0.05) is 19.5 Å². The van der Waals surface area contributed by atoms with Gasteiger partial charge in [-0.15, -0.1) is 0 Å². The minimum Gasteiger partial charge on any atom is -0.494 e. The lowest BCUT2D eigenvalue weighted by atomic mass is 9.91. The third kappa shape index (κ3) is 7.51. The Hall–Kier alpha value is -2.61. The minimum atomic E-state index is -4.24. The molecular formula is C24H32FNO5S. The summed E-state index contributed by atoms with van der Waals surface area (Å²) in [5, 5.41) is 0. The average molecular weight is 466 g/mol. The minimum absolute atomic E-state index is 0.0406. The van der Waals surface area contributed by atoms with Crippen LogP contribution in [0.4, 0.5) is 4.39 Å². The van der Waals surface area contributed by atoms with Crippen LogP contribution in [-0.4, -0.2) is 32.9 Å². The zero-order valence-electron chi connectivity index (χ0n) is 19.5. The molecule has 0 bridgehead atoms. The van der Waals surface area contributed by atoms with E-state index in [1.54, 1.807) is 17.0 Å². The molecule has 0 spiro atoms. The number of methoxy groups -OCH3 is 1. The van der Waals surface area contributed by atoms with Crippen LogP contribution in [0.1, 0.15) is 46.6 Å². The van der Waals surface area contributed by atoms with E-state index < -0.39 is 15.9 Å². The second-order valence-electron chi connectivity index (χ2n) is 9.39. The molecule has 0 aromatic heterocycles. The van der Waals surface area contributed by atoms with Crippen molar-refractivity contribution in [2.45, 2.75) is 52.5 Å². The van der Waals surface area contributed by atoms with Gasteiger partial charge in [-0.3, -0.25) is 4.79 Å². The number of amides is 1. The van der Waals surface area contributed by atoms with E-state index in [-0.39, 0.29) is 33.6 Å². The van der Waals surface area contributed by atoms with Gasteiger partial charge >= 0.3 is 10.1 Å². The summed E-state index contributed by atoms with van der Waals surface area (Å²) in [5.74, 6) is -0.447. The first-order valence-corrected chi connectivity index (χ1v) is 11.9. The molecule has 2 aromatic carbocycles. The molecule has 2 aromatic rings. The van der Waals surface area contributed by atoms with Crippen molar-refractivity contribution in [3.05, 3.63) is 53.8 Å². The molecule has 2 rings (SSSR count). The fourth-order valence-electron chi connectivity index (χ4n) is 3.15. The molecule has 8 heteroatoms. The highest BCUT2D eigenvalue weighted by molar-refractivity contribution is 7.87. The van der Waals surface area contributed by atoms with Gasteiger partial charge in [0.1, 0.15) is 10.6 Å². The van der Waals surface area contributed by atoms with Gasteiger partial charge in [0.25, 0.3) is 0 Å². The number of rotatable bonds is 9. The highest BCUT2D eigenvalue weighted by Gasteiger charge is 2.23. The van der Waals surface area contributed by atoms with Gasteiger partial charge in [-0.25, -0.2) is 4.39 Å². The molecule has 0 heterocycles. The molecule has 0 atom stereocenters. The Kier molecular flexibility index (Phi) is 8.29. The highest BCUT2D eigenvalue weighted by atomic mass is 32.2. The Morgan fingerprint density at radius 2 is 1.81 bits per heavy atom. The monoisotopic (exact) mass is 465 g/mol. The fraction of sp³-hybridized carbons (Fsp3) is 0.458. The van der Waals surface area contributed by atoms with Crippen molar-refractivity contribution in [1.29, 1.82) is 0 Å². The standard InChI is InChI=1S/C24H32FNO5S/c1-17(2)15-26(23(27)14-24(3,4)5)16-18-8-7-9-19(12-18)31-32(28,29)20-10-11-22(30-6)21(25)13-20/h7-13,17H,14-16H2,1-6H3. The van der Waals surface area contributed by atoms with Crippen molar-refractivity contribution in [1.82, 2.24) is 4.90 Å². The molecule has 0 fully saturated rings. The van der Waals surface area contributed by atoms with Gasteiger partial charge in [0.2, 0.25) is 5.91 Å². The molecule has 0 unspecified atom stereocenters. The normalized spacial score (nSPS) is 12.0. The van der Waals surface area contributed by atoms with Crippen LogP contribution in [0.15, 0.2) is 47.4 Å². The Labute approximate surface area is 190 Å². The lowest BCUT2D eigenvalue weighted by Gasteiger charge is -2.28. The van der Waals surface area contributed by atoms with Crippen LogP contribution in [-0.2, 0) is 21.5 Å². The SMILES string of the molecule is COc1ccc(S(=O)(=O)Oc2cccc(CN(CC(C)C)C(=O)CC(C)(C)C)c2)cc1F. The molecule has 6 nitrogen and oxygen atoms in total. The molecule has 0 saturated heterocycles. The maximum Gasteiger partial charge on any atom is 0.339 e. The molecule has 0 aliphatic rings. The van der Waals surface area contributed by atoms with Crippen LogP contribution in [0.2, 0.25) is 0 Å². The van der Waals surface area contributed by atoms with Gasteiger partial charge in [-0.2, -0.15) is 8.42 Å². The maximum atomic E-state index is 13.9. The van der Waals surface area contributed by atoms with Crippen molar-refractivity contribution in [2.24, 2.45) is 11.3 Å². The van der Waals surface area contributed by atoms with E-state index in [1.165, 1.54) is 25.3 Å². The van der Waals surface area contributed by atoms with Gasteiger partial charge in [-0.1, -0.05) is 46.8 Å². The zero-order valence-corrected chi connectivity index (χ0v) is 20.3. The number of hydrogen-bond donors (Lipinski definition) is 0. The van der Waals surface area contributed by atoms with Crippen LogP contribution in [0.3, 0.4) is 0 Å². The first-order valence-electron chi connectivity index (χ1n) is 10.5. The summed E-state index contributed by atoms with van der Waals surface area (Å²) in [6.45, 7) is 11.0. The number of nitrogens with zero attached hydrogens (tertiary/aromatic N) is 1. The van der Waals surface area contributed by atoms with Crippen molar-refractivity contribution in [2.75, 3.05) is 13.7 Å². The number of benzene rings is 2. The number of carbonyl (C=O) groups is 1. The quantitative estimate of drug-likeness (QED) is 0.486. The first-order chi connectivity index (χ1) is 14.8. The van der Waals surface area contributed by atoms with Crippen molar-refractivity contribution in [3.63, 3.8) is 0 Å². The van der Waals surface area contributed by atoms with Crippen molar-refractivity contribution in [3.8, 4) is 11.5 Å². The molecule has 0 aliphatic carbocycles. The van der Waals surface area contributed by atoms with E-state index in [1.807, 2.05) is 40.7 Å². The fourth-order valence-corrected chi connectivity index (χ4v) is 4.09. The Balaban J connectivity index is 2.22. The van der Waals surface area contributed by atoms with Crippen LogP contribution in [0.5, 0.6) is 11.5 Å². The van der Waals surface area contributed by atoms with E-state index in [0.717, 1.165) is 11.6 Å². The van der Waals surface area contributed by atoms with E-state index in [4.69, 9.17) is 8.92 Å². The van der Waals surface area contributed by atoms with Crippen LogP contribution in [0.25, 0.3) is 0 Å². The van der Waals surface area contributed by atoms with Crippen LogP contribution < -0.4 is 8.92 Å². The molecule has 0 aliphatic heterocycles. The van der Waals surface area contributed by atoms with Gasteiger partial charge in [-0.05, 0) is 47.2 Å². The Morgan fingerprint density at radius 3 is 2.38 bits per heavy atom. The number of ether oxygens (including phenoxy) is 1. The molecule has 176 valence electrons. The number of carbonyl (C=O) groups excluding carboxylic acids is 1. The second-order valence-corrected chi connectivity index (χ2v) is 10.9. The molecule has 0 radical (unpaired) electrons. The summed E-state index contributed by atoms with van der Waals surface area (Å²) in [4.78, 5) is 14.3. The summed E-state index contributed by atoms with van der Waals surface area (Å²) in [6.07, 6.45) is 0.410. The zero-order chi connectivity index (χ0) is 24.1. The van der Waals surface area contributed by atoms with E-state index in [0.29, 0.717) is 19.5 Å². The molecule has 32 heavy (non-hydrogen) atoms. The maximum absolute atomic E-state index is 13.9. The lowest BCUT2D eigenvalue weighted by Crippen LogP contribution is -2.35. The third-order valence-corrected chi connectivity index (χ3v) is 5.75. The smallest absolute Gasteiger partial charge is 0.339 e. The second kappa shape index (κ2) is 10.3. The molecule has 0 saturated carbocycles. The number of hydrogen-bond acceptors (Lipinski definition) is 5. The van der Waals surface area contributed by atoms with Crippen molar-refractivity contribution < 1.29 is 26.5 Å². The summed E-state index contributed by atoms with van der Waals surface area (Å²) in [5.41, 5.74) is 0.598. The molecule has 1 amide bonds. The Morgan fingerprint density at radius 1 is 1.12 bits per heavy atom. The largest absolute Gasteiger partial charge is 0.494 e. The lowest BCUT2D eigenvalue weighted by molar-refractivity contribution is -0.134. The van der Waals surface area contributed by atoms with E-state index in [2.05, 4.69) is 0 Å². The summed E-state index contributed by atoms with van der Waals surface area (Å²) in [7, 11) is -2.95. The van der Waals surface area contributed by atoms with Crippen LogP contribution >= 0.6 is 0 Å². The van der Waals surface area contributed by atoms with Gasteiger partial charge in [0.05, 0.1) is 7.11 Å². The summed E-state index contributed by atoms with van der Waals surface area (Å²) >= 11 is 0. The van der Waals surface area contributed by atoms with E-state index >= 15 is 0 Å². The molecular weight excluding hydrogens is 433 g/mol. The topological polar surface area (TPSA) is 72.9 Å². The highest BCUT2D eigenvalue weighted by Crippen LogP contribution is 2.25. The first kappa shape index (κ1) is 25.6. The van der Waals surface area contributed by atoms with Crippen LogP contribution in [0, 0.1) is 17.2 Å². The predicted molar refractivity (Wildman–Crippen MR) is 122 cm³/mol. The van der Waals surface area contributed by atoms with Gasteiger partial charge in [0.15, 0.2) is 11.6 Å². The van der Waals surface area contributed by atoms with E-state index in [9.17, 15) is 17.6 Å². The average Bonchev–Trinajstić information content (AvgIpc) is 2.65. The summed E-state index contributed by atoms with van der Waals surface area (Å²) in [6, 6.07) is 9.86.